The van der Waals surface area contributed by atoms with E-state index in [0.717, 1.165) is 31.5 Å². The Morgan fingerprint density at radius 1 is 1.21 bits per heavy atom. The lowest BCUT2D eigenvalue weighted by atomic mass is 10.1. The van der Waals surface area contributed by atoms with Gasteiger partial charge < -0.3 is 19.5 Å². The average molecular weight is 374 g/mol. The molecule has 1 N–H and O–H groups in total. The van der Waals surface area contributed by atoms with Crippen LogP contribution >= 0.6 is 23.2 Å². The molecule has 0 aromatic heterocycles. The van der Waals surface area contributed by atoms with E-state index in [1.807, 2.05) is 19.9 Å². The Morgan fingerprint density at radius 3 is 2.67 bits per heavy atom. The van der Waals surface area contributed by atoms with Gasteiger partial charge in [-0.25, -0.2) is 0 Å². The van der Waals surface area contributed by atoms with E-state index in [2.05, 4.69) is 11.4 Å². The zero-order chi connectivity index (χ0) is 17.4. The van der Waals surface area contributed by atoms with Crippen LogP contribution in [0.1, 0.15) is 32.3 Å². The predicted octanol–water partition coefficient (Wildman–Crippen LogP) is 4.54. The highest BCUT2D eigenvalue weighted by molar-refractivity contribution is 6.36. The molecule has 0 spiro atoms. The summed E-state index contributed by atoms with van der Waals surface area (Å²) in [6.07, 6.45) is 3.87. The molecule has 1 aliphatic heterocycles. The van der Waals surface area contributed by atoms with Crippen molar-refractivity contribution < 1.29 is 14.2 Å². The minimum atomic E-state index is -0.102. The molecule has 1 heterocycles. The van der Waals surface area contributed by atoms with Crippen LogP contribution in [0.5, 0.6) is 5.75 Å². The molecule has 2 rings (SSSR count). The van der Waals surface area contributed by atoms with Gasteiger partial charge in [-0.15, -0.1) is 0 Å². The monoisotopic (exact) mass is 373 g/mol. The molecule has 1 aliphatic rings. The summed E-state index contributed by atoms with van der Waals surface area (Å²) in [6, 6.07) is 3.57. The van der Waals surface area contributed by atoms with Crippen molar-refractivity contribution >= 4 is 29.3 Å². The number of fused-ring (bicyclic) bond motifs is 1. The Morgan fingerprint density at radius 2 is 1.96 bits per heavy atom. The van der Waals surface area contributed by atoms with E-state index in [1.54, 1.807) is 6.07 Å². The first-order valence-electron chi connectivity index (χ1n) is 8.39. The zero-order valence-electron chi connectivity index (χ0n) is 14.2. The molecular formula is C18H25Cl2NO3. The molecule has 0 aliphatic carbocycles. The Kier molecular flexibility index (Phi) is 8.36. The number of hydrogen-bond acceptors (Lipinski definition) is 4. The summed E-state index contributed by atoms with van der Waals surface area (Å²) >= 11 is 12.2. The number of nitrogens with one attached hydrogen (secondary N) is 1. The lowest BCUT2D eigenvalue weighted by Gasteiger charge is -2.20. The summed E-state index contributed by atoms with van der Waals surface area (Å²) in [6.45, 7) is 7.53. The van der Waals surface area contributed by atoms with E-state index in [1.165, 1.54) is 5.57 Å². The van der Waals surface area contributed by atoms with Gasteiger partial charge in [-0.05, 0) is 57.0 Å². The Bertz CT molecular complexity index is 557. The molecule has 24 heavy (non-hydrogen) atoms. The van der Waals surface area contributed by atoms with Gasteiger partial charge in [0.05, 0.1) is 5.02 Å². The van der Waals surface area contributed by atoms with Crippen LogP contribution < -0.4 is 10.1 Å². The third kappa shape index (κ3) is 5.94. The molecule has 0 atom stereocenters. The fourth-order valence-corrected chi connectivity index (χ4v) is 3.16. The molecule has 0 amide bonds. The molecule has 0 unspecified atom stereocenters. The zero-order valence-corrected chi connectivity index (χ0v) is 15.8. The number of rotatable bonds is 10. The van der Waals surface area contributed by atoms with Gasteiger partial charge in [0.25, 0.3) is 0 Å². The summed E-state index contributed by atoms with van der Waals surface area (Å²) in [5, 5.41) is 4.60. The topological polar surface area (TPSA) is 39.7 Å². The summed E-state index contributed by atoms with van der Waals surface area (Å²) in [7, 11) is 0. The molecule has 6 heteroatoms. The highest BCUT2D eigenvalue weighted by atomic mass is 35.5. The largest absolute Gasteiger partial charge is 0.487 e. The van der Waals surface area contributed by atoms with Crippen molar-refractivity contribution in [2.75, 3.05) is 32.9 Å². The summed E-state index contributed by atoms with van der Waals surface area (Å²) in [4.78, 5) is 0. The van der Waals surface area contributed by atoms with Crippen LogP contribution in [0, 0.1) is 0 Å². The lowest BCUT2D eigenvalue weighted by molar-refractivity contribution is -0.139. The quantitative estimate of drug-likeness (QED) is 0.482. The lowest BCUT2D eigenvalue weighted by Crippen LogP contribution is -2.24. The average Bonchev–Trinajstić information content (AvgIpc) is 2.54. The van der Waals surface area contributed by atoms with Crippen molar-refractivity contribution in [1.82, 2.24) is 5.32 Å². The molecule has 0 fully saturated rings. The molecule has 0 saturated heterocycles. The van der Waals surface area contributed by atoms with Gasteiger partial charge in [-0.1, -0.05) is 23.2 Å². The van der Waals surface area contributed by atoms with Crippen LogP contribution in [-0.4, -0.2) is 39.2 Å². The minimum Gasteiger partial charge on any atom is -0.487 e. The maximum atomic E-state index is 6.14. The molecular weight excluding hydrogens is 349 g/mol. The van der Waals surface area contributed by atoms with Gasteiger partial charge in [0.1, 0.15) is 12.4 Å². The van der Waals surface area contributed by atoms with Gasteiger partial charge >= 0.3 is 0 Å². The fourth-order valence-electron chi connectivity index (χ4n) is 2.60. The van der Waals surface area contributed by atoms with Crippen molar-refractivity contribution in [2.24, 2.45) is 0 Å². The van der Waals surface area contributed by atoms with E-state index in [0.29, 0.717) is 35.6 Å². The van der Waals surface area contributed by atoms with Gasteiger partial charge in [0.15, 0.2) is 6.29 Å². The SMILES string of the molecule is CCOC(CCCNCC1=Cc2cc(Cl)cc(Cl)c2OC1)OCC. The third-order valence-electron chi connectivity index (χ3n) is 3.65. The van der Waals surface area contributed by atoms with E-state index in [-0.39, 0.29) is 6.29 Å². The molecule has 0 radical (unpaired) electrons. The maximum absolute atomic E-state index is 6.14. The van der Waals surface area contributed by atoms with E-state index in [9.17, 15) is 0 Å². The van der Waals surface area contributed by atoms with Crippen LogP contribution in [0.2, 0.25) is 10.0 Å². The molecule has 134 valence electrons. The summed E-state index contributed by atoms with van der Waals surface area (Å²) < 4.78 is 16.8. The van der Waals surface area contributed by atoms with E-state index >= 15 is 0 Å². The first-order valence-corrected chi connectivity index (χ1v) is 9.14. The predicted molar refractivity (Wildman–Crippen MR) is 99.1 cm³/mol. The molecule has 0 saturated carbocycles. The Labute approximate surface area is 154 Å². The van der Waals surface area contributed by atoms with Crippen molar-refractivity contribution in [3.8, 4) is 5.75 Å². The number of halogens is 2. The van der Waals surface area contributed by atoms with E-state index < -0.39 is 0 Å². The Hall–Kier alpha value is -0.780. The van der Waals surface area contributed by atoms with Crippen LogP contribution in [-0.2, 0) is 9.47 Å². The summed E-state index contributed by atoms with van der Waals surface area (Å²) in [5.41, 5.74) is 2.11. The maximum Gasteiger partial charge on any atom is 0.157 e. The minimum absolute atomic E-state index is 0.102. The van der Waals surface area contributed by atoms with Crippen LogP contribution in [0.25, 0.3) is 6.08 Å². The second kappa shape index (κ2) is 10.3. The number of ether oxygens (including phenoxy) is 3. The van der Waals surface area contributed by atoms with Gasteiger partial charge in [0.2, 0.25) is 0 Å². The van der Waals surface area contributed by atoms with Crippen molar-refractivity contribution in [1.29, 1.82) is 0 Å². The highest BCUT2D eigenvalue weighted by Crippen LogP contribution is 2.36. The van der Waals surface area contributed by atoms with Crippen molar-refractivity contribution in [3.05, 3.63) is 33.3 Å². The standard InChI is InChI=1S/C18H25Cl2NO3/c1-3-22-17(23-4-2)6-5-7-21-11-13-8-14-9-15(19)10-16(20)18(14)24-12-13/h8-10,17,21H,3-7,11-12H2,1-2H3. The van der Waals surface area contributed by atoms with Crippen LogP contribution in [0.3, 0.4) is 0 Å². The normalized spacial score (nSPS) is 13.6. The van der Waals surface area contributed by atoms with Crippen molar-refractivity contribution in [2.45, 2.75) is 33.0 Å². The smallest absolute Gasteiger partial charge is 0.157 e. The van der Waals surface area contributed by atoms with E-state index in [4.69, 9.17) is 37.4 Å². The molecule has 0 bridgehead atoms. The van der Waals surface area contributed by atoms with Crippen molar-refractivity contribution in [3.63, 3.8) is 0 Å². The first-order chi connectivity index (χ1) is 11.6. The second-order valence-electron chi connectivity index (χ2n) is 5.56. The second-order valence-corrected chi connectivity index (χ2v) is 6.40. The number of hydrogen-bond donors (Lipinski definition) is 1. The highest BCUT2D eigenvalue weighted by Gasteiger charge is 2.15. The van der Waals surface area contributed by atoms with Gasteiger partial charge in [-0.3, -0.25) is 0 Å². The molecule has 1 aromatic carbocycles. The number of benzene rings is 1. The fraction of sp³-hybridized carbons (Fsp3) is 0.556. The third-order valence-corrected chi connectivity index (χ3v) is 4.15. The summed E-state index contributed by atoms with van der Waals surface area (Å²) in [5.74, 6) is 0.709. The van der Waals surface area contributed by atoms with Crippen LogP contribution in [0.15, 0.2) is 17.7 Å². The van der Waals surface area contributed by atoms with Gasteiger partial charge in [0, 0.05) is 30.3 Å². The van der Waals surface area contributed by atoms with Gasteiger partial charge in [-0.2, -0.15) is 0 Å². The Balaban J connectivity index is 1.76. The molecule has 1 aromatic rings. The van der Waals surface area contributed by atoms with Crippen LogP contribution in [0.4, 0.5) is 0 Å². The first kappa shape index (κ1) is 19.5. The molecule has 4 nitrogen and oxygen atoms in total.